The highest BCUT2D eigenvalue weighted by Crippen LogP contribution is 2.38. The summed E-state index contributed by atoms with van der Waals surface area (Å²) in [5.74, 6) is 2.37. The second-order valence-corrected chi connectivity index (χ2v) is 17.9. The topological polar surface area (TPSA) is 35.9 Å². The van der Waals surface area contributed by atoms with E-state index < -0.39 is 0 Å². The van der Waals surface area contributed by atoms with Crippen LogP contribution in [0.2, 0.25) is 0 Å². The van der Waals surface area contributed by atoms with Crippen LogP contribution in [0, 0.1) is 6.33 Å². The summed E-state index contributed by atoms with van der Waals surface area (Å²) in [4.78, 5) is 4.88. The van der Waals surface area contributed by atoms with Crippen molar-refractivity contribution in [2.75, 3.05) is 0 Å². The fourth-order valence-corrected chi connectivity index (χ4v) is 8.51. The number of aromatic nitrogens is 4. The largest absolute Gasteiger partial charge is 0.458 e. The maximum Gasteiger partial charge on any atom is 0.269 e. The Bertz CT molecular complexity index is 3180. The lowest BCUT2D eigenvalue weighted by molar-refractivity contribution is -0.571. The SMILES string of the molecule is CC(C)(C)c1ccnc(-n2c3ccccc3c3ccc(Oc4cccc(-n5[c-][n+](-c6c(-c7ccccc7)cccc6-c6ccccc6)c6cc(C(C)(C)C)ccc65)c4)cc32)c1. The molecule has 0 spiro atoms. The molecule has 298 valence electrons. The summed E-state index contributed by atoms with van der Waals surface area (Å²) in [6.45, 7) is 13.5. The highest BCUT2D eigenvalue weighted by Gasteiger charge is 2.23. The van der Waals surface area contributed by atoms with Crippen molar-refractivity contribution in [2.45, 2.75) is 52.4 Å². The van der Waals surface area contributed by atoms with Crippen molar-refractivity contribution in [3.63, 3.8) is 0 Å². The van der Waals surface area contributed by atoms with Gasteiger partial charge in [0, 0.05) is 23.0 Å². The minimum Gasteiger partial charge on any atom is -0.458 e. The molecule has 0 amide bonds. The van der Waals surface area contributed by atoms with Crippen molar-refractivity contribution in [2.24, 2.45) is 0 Å². The zero-order chi connectivity index (χ0) is 41.9. The first-order valence-corrected chi connectivity index (χ1v) is 21.0. The molecule has 61 heavy (non-hydrogen) atoms. The van der Waals surface area contributed by atoms with Crippen molar-refractivity contribution in [3.8, 4) is 50.9 Å². The van der Waals surface area contributed by atoms with E-state index in [-0.39, 0.29) is 10.8 Å². The summed E-state index contributed by atoms with van der Waals surface area (Å²) in [7, 11) is 0. The van der Waals surface area contributed by atoms with Crippen molar-refractivity contribution in [1.29, 1.82) is 0 Å². The van der Waals surface area contributed by atoms with Gasteiger partial charge in [-0.2, -0.15) is 0 Å². The molecule has 5 heteroatoms. The molecule has 10 aromatic rings. The average molecular weight is 793 g/mol. The van der Waals surface area contributed by atoms with Gasteiger partial charge in [-0.25, -0.2) is 4.98 Å². The van der Waals surface area contributed by atoms with E-state index in [9.17, 15) is 0 Å². The van der Waals surface area contributed by atoms with Gasteiger partial charge in [0.1, 0.15) is 17.3 Å². The van der Waals surface area contributed by atoms with E-state index in [0.717, 1.165) is 78.4 Å². The summed E-state index contributed by atoms with van der Waals surface area (Å²) in [6, 6.07) is 62.2. The van der Waals surface area contributed by atoms with Crippen LogP contribution in [0.15, 0.2) is 182 Å². The summed E-state index contributed by atoms with van der Waals surface area (Å²) >= 11 is 0. The second kappa shape index (κ2) is 14.8. The van der Waals surface area contributed by atoms with Gasteiger partial charge in [0.25, 0.3) is 6.33 Å². The second-order valence-electron chi connectivity index (χ2n) is 17.9. The van der Waals surface area contributed by atoms with Crippen LogP contribution in [0.3, 0.4) is 0 Å². The van der Waals surface area contributed by atoms with Crippen LogP contribution in [0.1, 0.15) is 52.7 Å². The molecule has 3 aromatic heterocycles. The third kappa shape index (κ3) is 6.96. The fourth-order valence-electron chi connectivity index (χ4n) is 8.51. The normalized spacial score (nSPS) is 12.1. The quantitative estimate of drug-likeness (QED) is 0.119. The minimum atomic E-state index is -0.0542. The number of imidazole rings is 1. The molecule has 0 radical (unpaired) electrons. The Labute approximate surface area is 357 Å². The Morgan fingerprint density at radius 2 is 1.13 bits per heavy atom. The third-order valence-corrected chi connectivity index (χ3v) is 11.7. The Hall–Kier alpha value is -7.24. The number of para-hydroxylation sites is 2. The summed E-state index contributed by atoms with van der Waals surface area (Å²) in [5.41, 5.74) is 13.3. The number of pyridine rings is 1. The smallest absolute Gasteiger partial charge is 0.269 e. The van der Waals surface area contributed by atoms with Gasteiger partial charge in [-0.05, 0) is 98.8 Å². The third-order valence-electron chi connectivity index (χ3n) is 11.7. The number of hydrogen-bond donors (Lipinski definition) is 0. The van der Waals surface area contributed by atoms with Gasteiger partial charge in [0.2, 0.25) is 0 Å². The van der Waals surface area contributed by atoms with Gasteiger partial charge >= 0.3 is 0 Å². The molecule has 10 rings (SSSR count). The number of hydrogen-bond acceptors (Lipinski definition) is 2. The van der Waals surface area contributed by atoms with Crippen molar-refractivity contribution < 1.29 is 9.30 Å². The molecular weight excluding hydrogens is 745 g/mol. The molecule has 7 aromatic carbocycles. The lowest BCUT2D eigenvalue weighted by Crippen LogP contribution is -2.31. The summed E-state index contributed by atoms with van der Waals surface area (Å²) in [6.07, 6.45) is 5.78. The van der Waals surface area contributed by atoms with Gasteiger partial charge in [0.05, 0.1) is 33.4 Å². The van der Waals surface area contributed by atoms with Crippen LogP contribution < -0.4 is 9.30 Å². The minimum absolute atomic E-state index is 0.0121. The summed E-state index contributed by atoms with van der Waals surface area (Å²) in [5, 5.41) is 2.33. The van der Waals surface area contributed by atoms with E-state index in [1.165, 1.54) is 16.5 Å². The van der Waals surface area contributed by atoms with E-state index in [2.05, 4.69) is 231 Å². The lowest BCUT2D eigenvalue weighted by Gasteiger charge is -2.20. The van der Waals surface area contributed by atoms with Crippen molar-refractivity contribution in [1.82, 2.24) is 14.1 Å². The van der Waals surface area contributed by atoms with E-state index in [1.807, 2.05) is 12.3 Å². The van der Waals surface area contributed by atoms with Gasteiger partial charge < -0.3 is 4.74 Å². The molecule has 0 bridgehead atoms. The highest BCUT2D eigenvalue weighted by molar-refractivity contribution is 6.09. The Morgan fingerprint density at radius 3 is 1.84 bits per heavy atom. The van der Waals surface area contributed by atoms with Crippen molar-refractivity contribution >= 4 is 32.8 Å². The van der Waals surface area contributed by atoms with Crippen LogP contribution in [0.4, 0.5) is 0 Å². The Balaban J connectivity index is 1.12. The molecule has 0 atom stereocenters. The molecule has 0 aliphatic carbocycles. The van der Waals surface area contributed by atoms with Crippen LogP contribution >= 0.6 is 0 Å². The number of benzene rings is 7. The van der Waals surface area contributed by atoms with E-state index in [1.54, 1.807) is 0 Å². The molecule has 0 unspecified atom stereocenters. The van der Waals surface area contributed by atoms with Gasteiger partial charge in [-0.3, -0.25) is 13.7 Å². The maximum absolute atomic E-state index is 6.77. The molecule has 0 fully saturated rings. The number of nitrogens with zero attached hydrogens (tertiary/aromatic N) is 4. The molecular formula is C56H48N4O. The first kappa shape index (κ1) is 38.0. The summed E-state index contributed by atoms with van der Waals surface area (Å²) < 4.78 is 13.5. The molecule has 0 saturated heterocycles. The van der Waals surface area contributed by atoms with E-state index >= 15 is 0 Å². The van der Waals surface area contributed by atoms with E-state index in [4.69, 9.17) is 9.72 Å². The van der Waals surface area contributed by atoms with Crippen LogP contribution in [0.25, 0.3) is 72.3 Å². The highest BCUT2D eigenvalue weighted by atomic mass is 16.5. The predicted molar refractivity (Wildman–Crippen MR) is 251 cm³/mol. The first-order valence-electron chi connectivity index (χ1n) is 21.0. The number of fused-ring (bicyclic) bond motifs is 4. The van der Waals surface area contributed by atoms with Crippen LogP contribution in [-0.4, -0.2) is 14.1 Å². The zero-order valence-corrected chi connectivity index (χ0v) is 35.5. The molecule has 0 aliphatic heterocycles. The van der Waals surface area contributed by atoms with Gasteiger partial charge in [-0.1, -0.05) is 157 Å². The van der Waals surface area contributed by atoms with Gasteiger partial charge in [0.15, 0.2) is 0 Å². The average Bonchev–Trinajstić information content (AvgIpc) is 3.82. The standard InChI is InChI=1S/C56H48N4O/c1-55(2,3)40-27-30-50-52(33-40)59(54-45(38-17-9-7-10-18-38)24-16-25-46(54)39-19-11-8-12-20-39)37-58(50)42-21-15-22-43(35-42)61-44-28-29-48-47-23-13-14-26-49(47)60(51(48)36-44)53-34-41(31-32-57-53)56(4,5)6/h7-36H,1-6H3. The molecule has 5 nitrogen and oxygen atoms in total. The fraction of sp³-hybridized carbons (Fsp3) is 0.143. The lowest BCUT2D eigenvalue weighted by atomic mass is 9.87. The Morgan fingerprint density at radius 1 is 0.508 bits per heavy atom. The monoisotopic (exact) mass is 792 g/mol. The molecule has 0 N–H and O–H groups in total. The van der Waals surface area contributed by atoms with Crippen LogP contribution in [0.5, 0.6) is 11.5 Å². The molecule has 0 aliphatic rings. The van der Waals surface area contributed by atoms with Gasteiger partial charge in [-0.15, -0.1) is 0 Å². The Kier molecular flexibility index (Phi) is 9.21. The predicted octanol–water partition coefficient (Wildman–Crippen LogP) is 13.9. The number of rotatable bonds is 7. The van der Waals surface area contributed by atoms with E-state index in [0.29, 0.717) is 0 Å². The zero-order valence-electron chi connectivity index (χ0n) is 35.5. The first-order chi connectivity index (χ1) is 29.5. The van der Waals surface area contributed by atoms with Crippen LogP contribution in [-0.2, 0) is 10.8 Å². The maximum atomic E-state index is 6.77. The van der Waals surface area contributed by atoms with Crippen molar-refractivity contribution in [3.05, 3.63) is 200 Å². The molecule has 3 heterocycles. The molecule has 0 saturated carbocycles. The number of ether oxygens (including phenoxy) is 1.